The van der Waals surface area contributed by atoms with E-state index in [1.54, 1.807) is 37.1 Å². The molecule has 22 heavy (non-hydrogen) atoms. The van der Waals surface area contributed by atoms with E-state index in [1.807, 2.05) is 6.92 Å². The number of anilines is 1. The maximum absolute atomic E-state index is 12.5. The third-order valence-electron chi connectivity index (χ3n) is 3.69. The van der Waals surface area contributed by atoms with Crippen LogP contribution in [-0.4, -0.2) is 35.7 Å². The van der Waals surface area contributed by atoms with Gasteiger partial charge < -0.3 is 10.6 Å². The van der Waals surface area contributed by atoms with Gasteiger partial charge in [-0.2, -0.15) is 0 Å². The van der Waals surface area contributed by atoms with Gasteiger partial charge in [-0.1, -0.05) is 6.07 Å². The lowest BCUT2D eigenvalue weighted by atomic mass is 10.0. The van der Waals surface area contributed by atoms with Crippen molar-refractivity contribution in [3.05, 3.63) is 29.3 Å². The number of hydrogen-bond donors (Lipinski definition) is 2. The van der Waals surface area contributed by atoms with Gasteiger partial charge >= 0.3 is 0 Å². The largest absolute Gasteiger partial charge is 0.398 e. The third kappa shape index (κ3) is 4.58. The highest BCUT2D eigenvalue weighted by Gasteiger charge is 2.20. The maximum atomic E-state index is 12.5. The minimum absolute atomic E-state index is 0.133. The molecule has 1 atom stereocenters. The number of carbonyl (C=O) groups is 3. The molecule has 3 amide bonds. The lowest BCUT2D eigenvalue weighted by Gasteiger charge is -2.25. The van der Waals surface area contributed by atoms with Crippen LogP contribution in [0.3, 0.4) is 0 Å². The average Bonchev–Trinajstić information content (AvgIpc) is 2.45. The zero-order valence-corrected chi connectivity index (χ0v) is 13.5. The molecule has 0 fully saturated rings. The summed E-state index contributed by atoms with van der Waals surface area (Å²) in [5.74, 6) is -0.845. The highest BCUT2D eigenvalue weighted by atomic mass is 16.2. The molecule has 0 radical (unpaired) electrons. The average molecular weight is 305 g/mol. The molecule has 0 aliphatic carbocycles. The number of carbonyl (C=O) groups excluding carboxylic acids is 3. The molecule has 0 saturated carbocycles. The number of benzene rings is 1. The molecule has 0 heterocycles. The van der Waals surface area contributed by atoms with E-state index in [1.165, 1.54) is 6.92 Å². The SMILES string of the molecule is CC(=O)NC(=O)CCC(C)N(C)C(=O)c1cccc(N)c1C. The summed E-state index contributed by atoms with van der Waals surface area (Å²) >= 11 is 0. The molecule has 0 spiro atoms. The Hall–Kier alpha value is -2.37. The number of nitrogens with zero attached hydrogens (tertiary/aromatic N) is 1. The number of nitrogens with two attached hydrogens (primary N) is 1. The molecule has 1 unspecified atom stereocenters. The highest BCUT2D eigenvalue weighted by molar-refractivity contribution is 5.97. The molecule has 0 aliphatic rings. The Balaban J connectivity index is 2.68. The van der Waals surface area contributed by atoms with Crippen LogP contribution in [-0.2, 0) is 9.59 Å². The molecule has 1 rings (SSSR count). The smallest absolute Gasteiger partial charge is 0.254 e. The van der Waals surface area contributed by atoms with Crippen LogP contribution in [0.4, 0.5) is 5.69 Å². The van der Waals surface area contributed by atoms with Crippen LogP contribution in [0.25, 0.3) is 0 Å². The normalized spacial score (nSPS) is 11.6. The number of amides is 3. The molecule has 0 aliphatic heterocycles. The summed E-state index contributed by atoms with van der Waals surface area (Å²) in [7, 11) is 1.69. The summed E-state index contributed by atoms with van der Waals surface area (Å²) in [4.78, 5) is 36.3. The van der Waals surface area contributed by atoms with Gasteiger partial charge in [-0.25, -0.2) is 0 Å². The van der Waals surface area contributed by atoms with E-state index in [2.05, 4.69) is 5.32 Å². The minimum Gasteiger partial charge on any atom is -0.398 e. The van der Waals surface area contributed by atoms with Gasteiger partial charge in [0.15, 0.2) is 0 Å². The van der Waals surface area contributed by atoms with Crippen LogP contribution in [0.15, 0.2) is 18.2 Å². The first-order valence-electron chi connectivity index (χ1n) is 7.16. The van der Waals surface area contributed by atoms with Gasteiger partial charge in [-0.05, 0) is 38.0 Å². The molecule has 120 valence electrons. The fourth-order valence-electron chi connectivity index (χ4n) is 2.07. The fourth-order valence-corrected chi connectivity index (χ4v) is 2.07. The minimum atomic E-state index is -0.377. The summed E-state index contributed by atoms with van der Waals surface area (Å²) < 4.78 is 0. The van der Waals surface area contributed by atoms with Gasteiger partial charge in [0.05, 0.1) is 0 Å². The van der Waals surface area contributed by atoms with Crippen LogP contribution < -0.4 is 11.1 Å². The lowest BCUT2D eigenvalue weighted by Crippen LogP contribution is -2.37. The summed E-state index contributed by atoms with van der Waals surface area (Å²) in [6.45, 7) is 4.96. The van der Waals surface area contributed by atoms with Crippen molar-refractivity contribution < 1.29 is 14.4 Å². The Kier molecular flexibility index (Phi) is 6.10. The van der Waals surface area contributed by atoms with Crippen LogP contribution >= 0.6 is 0 Å². The third-order valence-corrected chi connectivity index (χ3v) is 3.69. The van der Waals surface area contributed by atoms with E-state index in [0.29, 0.717) is 17.7 Å². The Bertz CT molecular complexity index is 584. The first-order chi connectivity index (χ1) is 10.2. The predicted octanol–water partition coefficient (Wildman–Crippen LogP) is 1.48. The monoisotopic (exact) mass is 305 g/mol. The van der Waals surface area contributed by atoms with Crippen LogP contribution in [0.2, 0.25) is 0 Å². The fraction of sp³-hybridized carbons (Fsp3) is 0.438. The second-order valence-electron chi connectivity index (χ2n) is 5.43. The van der Waals surface area contributed by atoms with E-state index in [-0.39, 0.29) is 30.2 Å². The van der Waals surface area contributed by atoms with Gasteiger partial charge in [0, 0.05) is 37.7 Å². The quantitative estimate of drug-likeness (QED) is 0.806. The Morgan fingerprint density at radius 1 is 1.32 bits per heavy atom. The second-order valence-corrected chi connectivity index (χ2v) is 5.43. The molecule has 0 bridgehead atoms. The number of nitrogen functional groups attached to an aromatic ring is 1. The number of rotatable bonds is 5. The van der Waals surface area contributed by atoms with Crippen molar-refractivity contribution in [2.45, 2.75) is 39.7 Å². The zero-order chi connectivity index (χ0) is 16.9. The maximum Gasteiger partial charge on any atom is 0.254 e. The predicted molar refractivity (Wildman–Crippen MR) is 85.2 cm³/mol. The lowest BCUT2D eigenvalue weighted by molar-refractivity contribution is -0.129. The first-order valence-corrected chi connectivity index (χ1v) is 7.16. The second kappa shape index (κ2) is 7.59. The molecular weight excluding hydrogens is 282 g/mol. The van der Waals surface area contributed by atoms with Crippen molar-refractivity contribution in [1.82, 2.24) is 10.2 Å². The van der Waals surface area contributed by atoms with Crippen LogP contribution in [0.1, 0.15) is 42.6 Å². The van der Waals surface area contributed by atoms with E-state index >= 15 is 0 Å². The van der Waals surface area contributed by atoms with E-state index in [0.717, 1.165) is 5.56 Å². The number of imide groups is 1. The molecule has 6 nitrogen and oxygen atoms in total. The first kappa shape index (κ1) is 17.7. The van der Waals surface area contributed by atoms with Crippen molar-refractivity contribution in [3.8, 4) is 0 Å². The van der Waals surface area contributed by atoms with Gasteiger partial charge in [0.1, 0.15) is 0 Å². The molecule has 6 heteroatoms. The molecule has 0 saturated heterocycles. The summed E-state index contributed by atoms with van der Waals surface area (Å²) in [5.41, 5.74) is 7.71. The van der Waals surface area contributed by atoms with Crippen LogP contribution in [0, 0.1) is 6.92 Å². The van der Waals surface area contributed by atoms with Crippen molar-refractivity contribution in [1.29, 1.82) is 0 Å². The Morgan fingerprint density at radius 2 is 1.95 bits per heavy atom. The standard InChI is InChI=1S/C16H23N3O3/c1-10(8-9-15(21)18-12(3)20)19(4)16(22)13-6-5-7-14(17)11(13)2/h5-7,10H,8-9,17H2,1-4H3,(H,18,20,21). The van der Waals surface area contributed by atoms with Crippen molar-refractivity contribution in [2.75, 3.05) is 12.8 Å². The topological polar surface area (TPSA) is 92.5 Å². The summed E-state index contributed by atoms with van der Waals surface area (Å²) in [6, 6.07) is 5.10. The Morgan fingerprint density at radius 3 is 2.55 bits per heavy atom. The Labute approximate surface area is 130 Å². The van der Waals surface area contributed by atoms with E-state index < -0.39 is 0 Å². The van der Waals surface area contributed by atoms with Crippen molar-refractivity contribution in [3.63, 3.8) is 0 Å². The molecular formula is C16H23N3O3. The molecule has 3 N–H and O–H groups in total. The number of hydrogen-bond acceptors (Lipinski definition) is 4. The number of nitrogens with one attached hydrogen (secondary N) is 1. The van der Waals surface area contributed by atoms with Gasteiger partial charge in [-0.3, -0.25) is 19.7 Å². The molecule has 1 aromatic rings. The van der Waals surface area contributed by atoms with Crippen LogP contribution in [0.5, 0.6) is 0 Å². The van der Waals surface area contributed by atoms with E-state index in [9.17, 15) is 14.4 Å². The highest BCUT2D eigenvalue weighted by Crippen LogP contribution is 2.18. The van der Waals surface area contributed by atoms with Gasteiger partial charge in [0.2, 0.25) is 11.8 Å². The van der Waals surface area contributed by atoms with Gasteiger partial charge in [0.25, 0.3) is 5.91 Å². The van der Waals surface area contributed by atoms with Crippen molar-refractivity contribution >= 4 is 23.4 Å². The molecule has 0 aromatic heterocycles. The van der Waals surface area contributed by atoms with Gasteiger partial charge in [-0.15, -0.1) is 0 Å². The zero-order valence-electron chi connectivity index (χ0n) is 13.5. The summed E-state index contributed by atoms with van der Waals surface area (Å²) in [5, 5.41) is 2.22. The molecule has 1 aromatic carbocycles. The van der Waals surface area contributed by atoms with Crippen molar-refractivity contribution in [2.24, 2.45) is 0 Å². The summed E-state index contributed by atoms with van der Waals surface area (Å²) in [6.07, 6.45) is 0.664. The van der Waals surface area contributed by atoms with E-state index in [4.69, 9.17) is 5.73 Å².